The van der Waals surface area contributed by atoms with Crippen LogP contribution in [-0.2, 0) is 11.2 Å². The lowest BCUT2D eigenvalue weighted by Crippen LogP contribution is -2.41. The molecule has 3 rings (SSSR count). The van der Waals surface area contributed by atoms with Crippen LogP contribution in [0, 0.1) is 13.8 Å². The first kappa shape index (κ1) is 17.6. The lowest BCUT2D eigenvalue weighted by molar-refractivity contribution is -0.120. The van der Waals surface area contributed by atoms with E-state index in [9.17, 15) is 4.79 Å². The number of carbonyl (C=O) groups excluding carboxylic acids is 1. The van der Waals surface area contributed by atoms with Crippen molar-refractivity contribution < 1.29 is 9.32 Å². The highest BCUT2D eigenvalue weighted by Crippen LogP contribution is 2.24. The van der Waals surface area contributed by atoms with E-state index in [2.05, 4.69) is 51.5 Å². The van der Waals surface area contributed by atoms with Gasteiger partial charge in [0.1, 0.15) is 0 Å². The van der Waals surface area contributed by atoms with Gasteiger partial charge in [-0.1, -0.05) is 41.4 Å². The first-order chi connectivity index (χ1) is 12.1. The minimum absolute atomic E-state index is 0.0741. The molecular formula is C19H26N4O2. The molecule has 1 fully saturated rings. The van der Waals surface area contributed by atoms with Gasteiger partial charge in [0.25, 0.3) is 0 Å². The Hall–Kier alpha value is -2.21. The maximum absolute atomic E-state index is 12.2. The van der Waals surface area contributed by atoms with Crippen LogP contribution in [0.3, 0.4) is 0 Å². The molecule has 2 aromatic rings. The summed E-state index contributed by atoms with van der Waals surface area (Å²) in [6, 6.07) is 8.82. The third-order valence-electron chi connectivity index (χ3n) is 4.67. The normalized spacial score (nSPS) is 16.6. The predicted octanol–water partition coefficient (Wildman–Crippen LogP) is 2.57. The highest BCUT2D eigenvalue weighted by molar-refractivity contribution is 5.77. The van der Waals surface area contributed by atoms with E-state index in [1.54, 1.807) is 6.92 Å². The average Bonchev–Trinajstić information content (AvgIpc) is 3.02. The second-order valence-electron chi connectivity index (χ2n) is 6.73. The number of amides is 1. The number of likely N-dealkylation sites (tertiary alicyclic amines) is 1. The van der Waals surface area contributed by atoms with Gasteiger partial charge in [-0.05, 0) is 38.4 Å². The summed E-state index contributed by atoms with van der Waals surface area (Å²) >= 11 is 0. The van der Waals surface area contributed by atoms with Gasteiger partial charge in [0.05, 0.1) is 12.5 Å². The van der Waals surface area contributed by atoms with Crippen LogP contribution in [0.5, 0.6) is 0 Å². The van der Waals surface area contributed by atoms with Gasteiger partial charge in [0, 0.05) is 13.5 Å². The van der Waals surface area contributed by atoms with Crippen molar-refractivity contribution in [2.24, 2.45) is 0 Å². The summed E-state index contributed by atoms with van der Waals surface area (Å²) in [5.41, 5.74) is 2.50. The smallest absolute Gasteiger partial charge is 0.227 e. The van der Waals surface area contributed by atoms with Crippen LogP contribution in [-0.4, -0.2) is 40.6 Å². The molecule has 25 heavy (non-hydrogen) atoms. The molecule has 0 radical (unpaired) electrons. The molecule has 134 valence electrons. The van der Waals surface area contributed by atoms with Crippen LogP contribution < -0.4 is 5.32 Å². The molecule has 1 amide bonds. The second kappa shape index (κ2) is 8.25. The zero-order valence-electron chi connectivity index (χ0n) is 15.0. The van der Waals surface area contributed by atoms with Crippen molar-refractivity contribution >= 4 is 5.91 Å². The van der Waals surface area contributed by atoms with Crippen LogP contribution in [0.15, 0.2) is 28.8 Å². The number of hydrogen-bond donors (Lipinski definition) is 1. The fourth-order valence-electron chi connectivity index (χ4n) is 3.31. The Morgan fingerprint density at radius 2 is 1.92 bits per heavy atom. The van der Waals surface area contributed by atoms with Crippen molar-refractivity contribution in [3.8, 4) is 0 Å². The largest absolute Gasteiger partial charge is 0.354 e. The monoisotopic (exact) mass is 342 g/mol. The summed E-state index contributed by atoms with van der Waals surface area (Å²) < 4.78 is 4.92. The molecule has 1 unspecified atom stereocenters. The summed E-state index contributed by atoms with van der Waals surface area (Å²) in [5.74, 6) is 0.837. The first-order valence-corrected chi connectivity index (χ1v) is 8.98. The molecule has 1 atom stereocenters. The van der Waals surface area contributed by atoms with E-state index >= 15 is 0 Å². The number of rotatable bonds is 6. The molecule has 1 aromatic heterocycles. The number of piperidine rings is 1. The Kier molecular flexibility index (Phi) is 5.81. The van der Waals surface area contributed by atoms with Gasteiger partial charge in [0.15, 0.2) is 5.82 Å². The van der Waals surface area contributed by atoms with Crippen LogP contribution in [0.2, 0.25) is 0 Å². The molecule has 0 aliphatic carbocycles. The number of aromatic nitrogens is 2. The Labute approximate surface area is 148 Å². The highest BCUT2D eigenvalue weighted by Gasteiger charge is 2.23. The van der Waals surface area contributed by atoms with Crippen LogP contribution in [0.1, 0.15) is 48.1 Å². The minimum Gasteiger partial charge on any atom is -0.354 e. The molecule has 1 aromatic carbocycles. The molecule has 0 saturated carbocycles. The van der Waals surface area contributed by atoms with Gasteiger partial charge in [-0.25, -0.2) is 0 Å². The molecular weight excluding hydrogens is 316 g/mol. The quantitative estimate of drug-likeness (QED) is 0.873. The van der Waals surface area contributed by atoms with Crippen molar-refractivity contribution in [1.82, 2.24) is 20.4 Å². The topological polar surface area (TPSA) is 71.3 Å². The third-order valence-corrected chi connectivity index (χ3v) is 4.67. The molecule has 0 spiro atoms. The zero-order chi connectivity index (χ0) is 17.6. The summed E-state index contributed by atoms with van der Waals surface area (Å²) in [6.45, 7) is 6.57. The number of hydrogen-bond acceptors (Lipinski definition) is 5. The molecule has 2 heterocycles. The van der Waals surface area contributed by atoms with Gasteiger partial charge in [0.2, 0.25) is 11.8 Å². The van der Waals surface area contributed by atoms with Crippen LogP contribution in [0.4, 0.5) is 0 Å². The van der Waals surface area contributed by atoms with E-state index in [0.717, 1.165) is 13.1 Å². The fourth-order valence-corrected chi connectivity index (χ4v) is 3.31. The summed E-state index contributed by atoms with van der Waals surface area (Å²) in [4.78, 5) is 18.8. The fraction of sp³-hybridized carbons (Fsp3) is 0.526. The molecule has 1 aliphatic heterocycles. The Balaban J connectivity index is 1.64. The Morgan fingerprint density at radius 1 is 1.20 bits per heavy atom. The summed E-state index contributed by atoms with van der Waals surface area (Å²) in [5, 5.41) is 6.83. The summed E-state index contributed by atoms with van der Waals surface area (Å²) in [6.07, 6.45) is 3.88. The van der Waals surface area contributed by atoms with E-state index in [-0.39, 0.29) is 18.4 Å². The van der Waals surface area contributed by atoms with Crippen LogP contribution >= 0.6 is 0 Å². The average molecular weight is 342 g/mol. The standard InChI is InChI=1S/C19H26N4O2/c1-14-6-8-16(9-7-14)17(23-10-4-3-5-11-23)13-20-19(24)12-18-21-15(2)25-22-18/h6-9,17H,3-5,10-13H2,1-2H3,(H,20,24). The van der Waals surface area contributed by atoms with E-state index in [1.807, 2.05) is 0 Å². The first-order valence-electron chi connectivity index (χ1n) is 8.98. The van der Waals surface area contributed by atoms with Crippen molar-refractivity contribution in [2.75, 3.05) is 19.6 Å². The van der Waals surface area contributed by atoms with Crippen molar-refractivity contribution in [2.45, 2.75) is 45.6 Å². The van der Waals surface area contributed by atoms with E-state index in [1.165, 1.54) is 30.4 Å². The van der Waals surface area contributed by atoms with Crippen molar-refractivity contribution in [3.63, 3.8) is 0 Å². The number of benzene rings is 1. The van der Waals surface area contributed by atoms with Gasteiger partial charge in [-0.15, -0.1) is 0 Å². The van der Waals surface area contributed by atoms with Gasteiger partial charge in [-0.2, -0.15) is 4.98 Å². The van der Waals surface area contributed by atoms with Gasteiger partial charge in [-0.3, -0.25) is 9.69 Å². The molecule has 1 saturated heterocycles. The van der Waals surface area contributed by atoms with E-state index < -0.39 is 0 Å². The third kappa shape index (κ3) is 4.89. The Morgan fingerprint density at radius 3 is 2.56 bits per heavy atom. The zero-order valence-corrected chi connectivity index (χ0v) is 15.0. The lowest BCUT2D eigenvalue weighted by atomic mass is 10.0. The SMILES string of the molecule is Cc1ccc(C(CNC(=O)Cc2noc(C)n2)N2CCCCC2)cc1. The minimum atomic E-state index is -0.0741. The maximum atomic E-state index is 12.2. The Bertz CT molecular complexity index is 690. The number of carbonyl (C=O) groups is 1. The molecule has 0 bridgehead atoms. The van der Waals surface area contributed by atoms with Gasteiger partial charge >= 0.3 is 0 Å². The van der Waals surface area contributed by atoms with Crippen molar-refractivity contribution in [1.29, 1.82) is 0 Å². The number of nitrogens with one attached hydrogen (secondary N) is 1. The van der Waals surface area contributed by atoms with Crippen molar-refractivity contribution in [3.05, 3.63) is 47.1 Å². The lowest BCUT2D eigenvalue weighted by Gasteiger charge is -2.35. The highest BCUT2D eigenvalue weighted by atomic mass is 16.5. The van der Waals surface area contributed by atoms with Crippen LogP contribution in [0.25, 0.3) is 0 Å². The molecule has 1 N–H and O–H groups in total. The second-order valence-corrected chi connectivity index (χ2v) is 6.73. The summed E-state index contributed by atoms with van der Waals surface area (Å²) in [7, 11) is 0. The number of aryl methyl sites for hydroxylation is 2. The molecule has 6 nitrogen and oxygen atoms in total. The predicted molar refractivity (Wildman–Crippen MR) is 95.1 cm³/mol. The molecule has 6 heteroatoms. The van der Waals surface area contributed by atoms with E-state index in [0.29, 0.717) is 18.3 Å². The molecule has 1 aliphatic rings. The van der Waals surface area contributed by atoms with E-state index in [4.69, 9.17) is 4.52 Å². The number of nitrogens with zero attached hydrogens (tertiary/aromatic N) is 3. The van der Waals surface area contributed by atoms with Gasteiger partial charge < -0.3 is 9.84 Å². The maximum Gasteiger partial charge on any atom is 0.227 e.